The van der Waals surface area contributed by atoms with Crippen LogP contribution in [0.1, 0.15) is 30.9 Å². The van der Waals surface area contributed by atoms with Crippen LogP contribution in [0, 0.1) is 6.92 Å². The van der Waals surface area contributed by atoms with Gasteiger partial charge >= 0.3 is 0 Å². The smallest absolute Gasteiger partial charge is 0.247 e. The molecule has 0 fully saturated rings. The number of nitrogens with one attached hydrogen (secondary N) is 1. The van der Waals surface area contributed by atoms with Gasteiger partial charge < -0.3 is 5.32 Å². The zero-order valence-corrected chi connectivity index (χ0v) is 14.1. The van der Waals surface area contributed by atoms with Crippen LogP contribution in [0.3, 0.4) is 0 Å². The van der Waals surface area contributed by atoms with Crippen molar-refractivity contribution in [3.8, 4) is 0 Å². The number of benzene rings is 2. The molecule has 0 radical (unpaired) electrons. The molecule has 0 spiro atoms. The summed E-state index contributed by atoms with van der Waals surface area (Å²) in [6.45, 7) is 3.74. The Kier molecular flexibility index (Phi) is 4.65. The molecular formula is C20H22N2O2. The summed E-state index contributed by atoms with van der Waals surface area (Å²) in [6, 6.07) is 14.9. The van der Waals surface area contributed by atoms with Crippen LogP contribution < -0.4 is 10.2 Å². The van der Waals surface area contributed by atoms with Gasteiger partial charge in [-0.25, -0.2) is 0 Å². The standard InChI is InChI=1S/C20H22N2O2/c1-14-8-3-5-11-17(14)21-20(24)15(2)22-18-12-6-4-9-16(18)10-7-13-19(22)23/h3-6,8-9,11-12,15H,7,10,13H2,1-2H3,(H,21,24)/t15-/m0/s1. The molecule has 1 atom stereocenters. The lowest BCUT2D eigenvalue weighted by molar-refractivity contribution is -0.123. The van der Waals surface area contributed by atoms with Gasteiger partial charge in [0.2, 0.25) is 11.8 Å². The number of hydrogen-bond acceptors (Lipinski definition) is 2. The third kappa shape index (κ3) is 3.18. The minimum Gasteiger partial charge on any atom is -0.324 e. The Morgan fingerprint density at radius 3 is 2.58 bits per heavy atom. The molecule has 1 aliphatic heterocycles. The van der Waals surface area contributed by atoms with Gasteiger partial charge in [0.05, 0.1) is 0 Å². The molecule has 2 aromatic rings. The summed E-state index contributed by atoms with van der Waals surface area (Å²) in [5, 5.41) is 2.95. The van der Waals surface area contributed by atoms with E-state index in [0.29, 0.717) is 6.42 Å². The highest BCUT2D eigenvalue weighted by atomic mass is 16.2. The first-order chi connectivity index (χ1) is 11.6. The van der Waals surface area contributed by atoms with E-state index in [1.54, 1.807) is 11.8 Å². The Bertz CT molecular complexity index is 770. The van der Waals surface area contributed by atoms with Gasteiger partial charge in [-0.2, -0.15) is 0 Å². The summed E-state index contributed by atoms with van der Waals surface area (Å²) in [5.74, 6) is -0.165. The van der Waals surface area contributed by atoms with Crippen LogP contribution in [0.25, 0.3) is 0 Å². The van der Waals surface area contributed by atoms with Crippen molar-refractivity contribution in [2.24, 2.45) is 0 Å². The molecule has 2 amide bonds. The predicted octanol–water partition coefficient (Wildman–Crippen LogP) is 3.69. The molecule has 1 aliphatic rings. The van der Waals surface area contributed by atoms with E-state index in [2.05, 4.69) is 5.32 Å². The summed E-state index contributed by atoms with van der Waals surface area (Å²) < 4.78 is 0. The molecule has 4 heteroatoms. The lowest BCUT2D eigenvalue weighted by Gasteiger charge is -2.29. The van der Waals surface area contributed by atoms with Crippen LogP contribution in [-0.2, 0) is 16.0 Å². The zero-order chi connectivity index (χ0) is 17.1. The van der Waals surface area contributed by atoms with Gasteiger partial charge in [-0.05, 0) is 49.9 Å². The van der Waals surface area contributed by atoms with E-state index in [1.807, 2.05) is 55.5 Å². The topological polar surface area (TPSA) is 49.4 Å². The first-order valence-electron chi connectivity index (χ1n) is 8.34. The molecule has 0 unspecified atom stereocenters. The Balaban J connectivity index is 1.88. The molecule has 0 aromatic heterocycles. The zero-order valence-electron chi connectivity index (χ0n) is 14.1. The molecule has 24 heavy (non-hydrogen) atoms. The second-order valence-electron chi connectivity index (χ2n) is 6.23. The van der Waals surface area contributed by atoms with Gasteiger partial charge in [-0.1, -0.05) is 36.4 Å². The van der Waals surface area contributed by atoms with E-state index in [9.17, 15) is 9.59 Å². The molecule has 0 bridgehead atoms. The third-order valence-corrected chi connectivity index (χ3v) is 4.53. The largest absolute Gasteiger partial charge is 0.324 e. The summed E-state index contributed by atoms with van der Waals surface area (Å²) in [5.41, 5.74) is 3.76. The number of amides is 2. The fourth-order valence-corrected chi connectivity index (χ4v) is 3.13. The van der Waals surface area contributed by atoms with Gasteiger partial charge in [0.1, 0.15) is 6.04 Å². The molecule has 0 saturated heterocycles. The molecule has 1 N–H and O–H groups in total. The monoisotopic (exact) mass is 322 g/mol. The van der Waals surface area contributed by atoms with E-state index >= 15 is 0 Å². The maximum absolute atomic E-state index is 12.7. The average molecular weight is 322 g/mol. The van der Waals surface area contributed by atoms with E-state index in [4.69, 9.17) is 0 Å². The number of hydrogen-bond donors (Lipinski definition) is 1. The number of fused-ring (bicyclic) bond motifs is 1. The van der Waals surface area contributed by atoms with E-state index < -0.39 is 6.04 Å². The Morgan fingerprint density at radius 2 is 1.79 bits per heavy atom. The number of nitrogens with zero attached hydrogens (tertiary/aromatic N) is 1. The first-order valence-corrected chi connectivity index (χ1v) is 8.34. The minimum atomic E-state index is -0.559. The normalized spacial score (nSPS) is 15.4. The van der Waals surface area contributed by atoms with Gasteiger partial charge in [0.25, 0.3) is 0 Å². The van der Waals surface area contributed by atoms with Crippen LogP contribution in [0.4, 0.5) is 11.4 Å². The van der Waals surface area contributed by atoms with Gasteiger partial charge in [0, 0.05) is 17.8 Å². The van der Waals surface area contributed by atoms with Crippen molar-refractivity contribution in [3.05, 3.63) is 59.7 Å². The van der Waals surface area contributed by atoms with Crippen molar-refractivity contribution in [2.45, 2.75) is 39.2 Å². The number of carbonyl (C=O) groups is 2. The number of carbonyl (C=O) groups excluding carboxylic acids is 2. The SMILES string of the molecule is Cc1ccccc1NC(=O)[C@H](C)N1C(=O)CCCc2ccccc21. The van der Waals surface area contributed by atoms with Crippen molar-refractivity contribution in [1.82, 2.24) is 0 Å². The molecule has 0 aliphatic carbocycles. The summed E-state index contributed by atoms with van der Waals surface area (Å²) in [6.07, 6.45) is 2.15. The lowest BCUT2D eigenvalue weighted by atomic mass is 10.1. The third-order valence-electron chi connectivity index (χ3n) is 4.53. The summed E-state index contributed by atoms with van der Waals surface area (Å²) in [4.78, 5) is 27.0. The van der Waals surface area contributed by atoms with Crippen LogP contribution in [0.2, 0.25) is 0 Å². The fourth-order valence-electron chi connectivity index (χ4n) is 3.13. The molecule has 0 saturated carbocycles. The van der Waals surface area contributed by atoms with Gasteiger partial charge in [0.15, 0.2) is 0 Å². The molecule has 1 heterocycles. The average Bonchev–Trinajstić information content (AvgIpc) is 2.74. The fraction of sp³-hybridized carbons (Fsp3) is 0.300. The second-order valence-corrected chi connectivity index (χ2v) is 6.23. The van der Waals surface area contributed by atoms with Crippen molar-refractivity contribution in [3.63, 3.8) is 0 Å². The van der Waals surface area contributed by atoms with Crippen molar-refractivity contribution in [1.29, 1.82) is 0 Å². The first kappa shape index (κ1) is 16.2. The molecule has 2 aromatic carbocycles. The quantitative estimate of drug-likeness (QED) is 0.937. The molecule has 124 valence electrons. The van der Waals surface area contributed by atoms with E-state index in [1.165, 1.54) is 0 Å². The molecule has 3 rings (SSSR count). The highest BCUT2D eigenvalue weighted by Crippen LogP contribution is 2.29. The van der Waals surface area contributed by atoms with Crippen LogP contribution in [0.15, 0.2) is 48.5 Å². The Morgan fingerprint density at radius 1 is 1.08 bits per heavy atom. The molecule has 4 nitrogen and oxygen atoms in total. The van der Waals surface area contributed by atoms with Crippen LogP contribution in [0.5, 0.6) is 0 Å². The Hall–Kier alpha value is -2.62. The summed E-state index contributed by atoms with van der Waals surface area (Å²) >= 11 is 0. The number of anilines is 2. The second kappa shape index (κ2) is 6.87. The minimum absolute atomic E-state index is 0.00684. The van der Waals surface area contributed by atoms with Crippen molar-refractivity contribution < 1.29 is 9.59 Å². The Labute approximate surface area is 142 Å². The van der Waals surface area contributed by atoms with Crippen LogP contribution >= 0.6 is 0 Å². The van der Waals surface area contributed by atoms with Crippen LogP contribution in [-0.4, -0.2) is 17.9 Å². The van der Waals surface area contributed by atoms with Crippen molar-refractivity contribution >= 4 is 23.2 Å². The lowest BCUT2D eigenvalue weighted by Crippen LogP contribution is -2.45. The predicted molar refractivity (Wildman–Crippen MR) is 96.1 cm³/mol. The maximum atomic E-state index is 12.7. The van der Waals surface area contributed by atoms with E-state index in [0.717, 1.165) is 35.3 Å². The van der Waals surface area contributed by atoms with Gasteiger partial charge in [-0.15, -0.1) is 0 Å². The highest BCUT2D eigenvalue weighted by molar-refractivity contribution is 6.05. The molecular weight excluding hydrogens is 300 g/mol. The van der Waals surface area contributed by atoms with Crippen molar-refractivity contribution in [2.75, 3.05) is 10.2 Å². The number of rotatable bonds is 3. The number of para-hydroxylation sites is 2. The maximum Gasteiger partial charge on any atom is 0.247 e. The summed E-state index contributed by atoms with van der Waals surface area (Å²) in [7, 11) is 0. The van der Waals surface area contributed by atoms with Gasteiger partial charge in [-0.3, -0.25) is 14.5 Å². The highest BCUT2D eigenvalue weighted by Gasteiger charge is 2.30. The number of aryl methyl sites for hydroxylation is 2. The van der Waals surface area contributed by atoms with E-state index in [-0.39, 0.29) is 11.8 Å².